The molecule has 0 spiro atoms. The second kappa shape index (κ2) is 7.22. The lowest BCUT2D eigenvalue weighted by atomic mass is 10.1. The van der Waals surface area contributed by atoms with Crippen LogP contribution in [0.15, 0.2) is 29.8 Å². The number of rotatable bonds is 6. The van der Waals surface area contributed by atoms with Gasteiger partial charge in [0.15, 0.2) is 5.75 Å². The third kappa shape index (κ3) is 6.40. The van der Waals surface area contributed by atoms with Crippen LogP contribution in [-0.2, 0) is 6.54 Å². The molecule has 1 rings (SSSR count). The Bertz CT molecular complexity index is 527. The molecule has 0 aliphatic carbocycles. The van der Waals surface area contributed by atoms with Crippen molar-refractivity contribution in [3.8, 4) is 5.75 Å². The summed E-state index contributed by atoms with van der Waals surface area (Å²) in [4.78, 5) is 10.6. The van der Waals surface area contributed by atoms with E-state index in [4.69, 9.17) is 4.74 Å². The van der Waals surface area contributed by atoms with E-state index in [0.717, 1.165) is 11.1 Å². The molecular weight excluding hydrogens is 268 g/mol. The van der Waals surface area contributed by atoms with Gasteiger partial charge in [-0.2, -0.15) is 0 Å². The summed E-state index contributed by atoms with van der Waals surface area (Å²) in [5.41, 5.74) is 2.06. The summed E-state index contributed by atoms with van der Waals surface area (Å²) in [6.45, 7) is 11.1. The van der Waals surface area contributed by atoms with Crippen LogP contribution in [0.3, 0.4) is 0 Å². The van der Waals surface area contributed by atoms with E-state index in [0.29, 0.717) is 18.9 Å². The highest BCUT2D eigenvalue weighted by atomic mass is 16.6. The predicted molar refractivity (Wildman–Crippen MR) is 84.6 cm³/mol. The number of nitrogens with one attached hydrogen (secondary N) is 1. The lowest BCUT2D eigenvalue weighted by Crippen LogP contribution is -2.35. The van der Waals surface area contributed by atoms with Crippen molar-refractivity contribution in [2.75, 3.05) is 6.61 Å². The van der Waals surface area contributed by atoms with Crippen LogP contribution >= 0.6 is 0 Å². The van der Waals surface area contributed by atoms with Crippen molar-refractivity contribution in [2.24, 2.45) is 0 Å². The fourth-order valence-electron chi connectivity index (χ4n) is 1.60. The molecule has 0 heterocycles. The molecule has 0 aromatic heterocycles. The lowest BCUT2D eigenvalue weighted by Gasteiger charge is -2.20. The topological polar surface area (TPSA) is 64.4 Å². The molecule has 0 saturated heterocycles. The molecule has 0 unspecified atom stereocenters. The van der Waals surface area contributed by atoms with Gasteiger partial charge in [0.1, 0.15) is 6.61 Å². The van der Waals surface area contributed by atoms with Crippen LogP contribution in [0.5, 0.6) is 5.75 Å². The molecule has 0 amide bonds. The third-order valence-corrected chi connectivity index (χ3v) is 2.77. The van der Waals surface area contributed by atoms with Gasteiger partial charge in [-0.3, -0.25) is 10.1 Å². The SMILES string of the molecule is CC(C)=CCOc1cc(CNC(C)(C)C)ccc1[N+](=O)[O-]. The summed E-state index contributed by atoms with van der Waals surface area (Å²) in [7, 11) is 0. The first-order valence-electron chi connectivity index (χ1n) is 6.97. The fraction of sp³-hybridized carbons (Fsp3) is 0.500. The van der Waals surface area contributed by atoms with Crippen molar-refractivity contribution in [3.63, 3.8) is 0 Å². The van der Waals surface area contributed by atoms with E-state index >= 15 is 0 Å². The second-order valence-electron chi connectivity index (χ2n) is 6.26. The van der Waals surface area contributed by atoms with E-state index in [1.54, 1.807) is 12.1 Å². The van der Waals surface area contributed by atoms with Crippen molar-refractivity contribution >= 4 is 5.69 Å². The quantitative estimate of drug-likeness (QED) is 0.491. The van der Waals surface area contributed by atoms with Crippen LogP contribution in [0.4, 0.5) is 5.69 Å². The minimum Gasteiger partial charge on any atom is -0.483 e. The Balaban J connectivity index is 2.90. The number of nitro groups is 1. The molecule has 1 aromatic rings. The maximum atomic E-state index is 11.0. The number of allylic oxidation sites excluding steroid dienone is 1. The highest BCUT2D eigenvalue weighted by Gasteiger charge is 2.16. The van der Waals surface area contributed by atoms with E-state index in [9.17, 15) is 10.1 Å². The maximum Gasteiger partial charge on any atom is 0.310 e. The molecular formula is C16H24N2O3. The largest absolute Gasteiger partial charge is 0.483 e. The van der Waals surface area contributed by atoms with Gasteiger partial charge in [-0.05, 0) is 52.3 Å². The number of nitrogens with zero attached hydrogens (tertiary/aromatic N) is 1. The van der Waals surface area contributed by atoms with Crippen LogP contribution in [-0.4, -0.2) is 17.1 Å². The number of benzene rings is 1. The zero-order valence-electron chi connectivity index (χ0n) is 13.4. The van der Waals surface area contributed by atoms with Crippen LogP contribution in [0.1, 0.15) is 40.2 Å². The van der Waals surface area contributed by atoms with Gasteiger partial charge in [-0.25, -0.2) is 0 Å². The van der Waals surface area contributed by atoms with E-state index in [1.165, 1.54) is 6.07 Å². The standard InChI is InChI=1S/C16H24N2O3/c1-12(2)8-9-21-15-10-13(11-17-16(3,4)5)6-7-14(15)18(19)20/h6-8,10,17H,9,11H2,1-5H3. The van der Waals surface area contributed by atoms with Crippen LogP contribution in [0.2, 0.25) is 0 Å². The van der Waals surface area contributed by atoms with Gasteiger partial charge in [0, 0.05) is 18.2 Å². The van der Waals surface area contributed by atoms with E-state index < -0.39 is 4.92 Å². The molecule has 0 bridgehead atoms. The van der Waals surface area contributed by atoms with Crippen LogP contribution in [0.25, 0.3) is 0 Å². The summed E-state index contributed by atoms with van der Waals surface area (Å²) in [6.07, 6.45) is 1.89. The molecule has 0 atom stereocenters. The first-order valence-corrected chi connectivity index (χ1v) is 6.97. The Kier molecular flexibility index (Phi) is 5.90. The molecule has 0 fully saturated rings. The van der Waals surface area contributed by atoms with Gasteiger partial charge in [0.05, 0.1) is 4.92 Å². The van der Waals surface area contributed by atoms with Gasteiger partial charge in [-0.1, -0.05) is 11.6 Å². The highest BCUT2D eigenvalue weighted by Crippen LogP contribution is 2.28. The van der Waals surface area contributed by atoms with E-state index in [1.807, 2.05) is 19.9 Å². The Morgan fingerprint density at radius 1 is 1.38 bits per heavy atom. The maximum absolute atomic E-state index is 11.0. The summed E-state index contributed by atoms with van der Waals surface area (Å²) < 4.78 is 5.54. The minimum atomic E-state index is -0.418. The predicted octanol–water partition coefficient (Wildman–Crippen LogP) is 3.83. The smallest absolute Gasteiger partial charge is 0.310 e. The Morgan fingerprint density at radius 2 is 2.05 bits per heavy atom. The summed E-state index contributed by atoms with van der Waals surface area (Å²) in [5, 5.41) is 14.4. The van der Waals surface area contributed by atoms with Crippen molar-refractivity contribution in [1.29, 1.82) is 0 Å². The Hall–Kier alpha value is -1.88. The van der Waals surface area contributed by atoms with Gasteiger partial charge < -0.3 is 10.1 Å². The molecule has 1 N–H and O–H groups in total. The van der Waals surface area contributed by atoms with E-state index in [2.05, 4.69) is 26.1 Å². The Labute approximate surface area is 126 Å². The zero-order chi connectivity index (χ0) is 16.0. The van der Waals surface area contributed by atoms with Crippen molar-refractivity contribution < 1.29 is 9.66 Å². The molecule has 0 saturated carbocycles. The lowest BCUT2D eigenvalue weighted by molar-refractivity contribution is -0.385. The number of ether oxygens (including phenoxy) is 1. The first kappa shape index (κ1) is 17.2. The third-order valence-electron chi connectivity index (χ3n) is 2.77. The molecule has 116 valence electrons. The highest BCUT2D eigenvalue weighted by molar-refractivity contribution is 5.48. The minimum absolute atomic E-state index is 0.00309. The van der Waals surface area contributed by atoms with Gasteiger partial charge >= 0.3 is 5.69 Å². The average Bonchev–Trinajstić information content (AvgIpc) is 2.35. The van der Waals surface area contributed by atoms with Crippen LogP contribution in [0, 0.1) is 10.1 Å². The monoisotopic (exact) mass is 292 g/mol. The average molecular weight is 292 g/mol. The molecule has 5 heteroatoms. The number of nitro benzene ring substituents is 1. The second-order valence-corrected chi connectivity index (χ2v) is 6.26. The molecule has 0 aliphatic heterocycles. The molecule has 1 aromatic carbocycles. The van der Waals surface area contributed by atoms with Crippen molar-refractivity contribution in [3.05, 3.63) is 45.5 Å². The molecule has 0 aliphatic rings. The molecule has 21 heavy (non-hydrogen) atoms. The van der Waals surface area contributed by atoms with Crippen molar-refractivity contribution in [2.45, 2.75) is 46.7 Å². The fourth-order valence-corrected chi connectivity index (χ4v) is 1.60. The van der Waals surface area contributed by atoms with E-state index in [-0.39, 0.29) is 11.2 Å². The first-order chi connectivity index (χ1) is 9.69. The van der Waals surface area contributed by atoms with Crippen molar-refractivity contribution in [1.82, 2.24) is 5.32 Å². The van der Waals surface area contributed by atoms with Gasteiger partial charge in [-0.15, -0.1) is 0 Å². The summed E-state index contributed by atoms with van der Waals surface area (Å²) in [5.74, 6) is 0.311. The van der Waals surface area contributed by atoms with Crippen LogP contribution < -0.4 is 10.1 Å². The summed E-state index contributed by atoms with van der Waals surface area (Å²) in [6, 6.07) is 4.98. The Morgan fingerprint density at radius 3 is 2.57 bits per heavy atom. The number of hydrogen-bond acceptors (Lipinski definition) is 4. The van der Waals surface area contributed by atoms with Gasteiger partial charge in [0.25, 0.3) is 0 Å². The molecule has 5 nitrogen and oxygen atoms in total. The molecule has 0 radical (unpaired) electrons. The summed E-state index contributed by atoms with van der Waals surface area (Å²) >= 11 is 0. The normalized spacial score (nSPS) is 11.1. The number of hydrogen-bond donors (Lipinski definition) is 1. The van der Waals surface area contributed by atoms with Gasteiger partial charge in [0.2, 0.25) is 0 Å². The zero-order valence-corrected chi connectivity index (χ0v) is 13.4.